The molecule has 0 bridgehead atoms. The van der Waals surface area contributed by atoms with E-state index in [1.54, 1.807) is 17.9 Å². The number of carbonyl (C=O) groups is 1. The molecule has 19 heavy (non-hydrogen) atoms. The zero-order valence-electron chi connectivity index (χ0n) is 10.6. The molecule has 6 heteroatoms. The van der Waals surface area contributed by atoms with Crippen molar-refractivity contribution in [3.63, 3.8) is 0 Å². The Balaban J connectivity index is 2.45. The highest BCUT2D eigenvalue weighted by Crippen LogP contribution is 2.26. The fourth-order valence-corrected chi connectivity index (χ4v) is 1.86. The zero-order chi connectivity index (χ0) is 14.0. The summed E-state index contributed by atoms with van der Waals surface area (Å²) in [7, 11) is 1.75. The molecule has 2 N–H and O–H groups in total. The van der Waals surface area contributed by atoms with Crippen molar-refractivity contribution in [1.82, 2.24) is 9.78 Å². The van der Waals surface area contributed by atoms with Crippen molar-refractivity contribution in [2.45, 2.75) is 13.3 Å². The van der Waals surface area contributed by atoms with Crippen LogP contribution in [0.15, 0.2) is 24.4 Å². The van der Waals surface area contributed by atoms with Gasteiger partial charge in [-0.25, -0.2) is 9.18 Å². The maximum atomic E-state index is 13.8. The van der Waals surface area contributed by atoms with E-state index in [0.717, 1.165) is 5.69 Å². The minimum Gasteiger partial charge on any atom is -0.478 e. The van der Waals surface area contributed by atoms with Gasteiger partial charge in [-0.1, -0.05) is 13.0 Å². The number of hydrogen-bond acceptors (Lipinski definition) is 3. The monoisotopic (exact) mass is 263 g/mol. The van der Waals surface area contributed by atoms with Crippen molar-refractivity contribution >= 4 is 17.3 Å². The molecule has 0 atom stereocenters. The summed E-state index contributed by atoms with van der Waals surface area (Å²) in [6, 6.07) is 3.94. The molecule has 100 valence electrons. The van der Waals surface area contributed by atoms with Gasteiger partial charge < -0.3 is 10.4 Å². The van der Waals surface area contributed by atoms with Crippen molar-refractivity contribution in [1.29, 1.82) is 0 Å². The first-order valence-electron chi connectivity index (χ1n) is 5.84. The number of anilines is 2. The first-order valence-corrected chi connectivity index (χ1v) is 5.84. The number of halogens is 1. The molecule has 0 amide bonds. The molecule has 0 fully saturated rings. The summed E-state index contributed by atoms with van der Waals surface area (Å²) in [6.45, 7) is 1.92. The molecule has 2 aromatic rings. The van der Waals surface area contributed by atoms with Gasteiger partial charge in [0.25, 0.3) is 0 Å². The minimum atomic E-state index is -1.18. The summed E-state index contributed by atoms with van der Waals surface area (Å²) >= 11 is 0. The molecule has 0 aliphatic heterocycles. The zero-order valence-corrected chi connectivity index (χ0v) is 10.6. The van der Waals surface area contributed by atoms with Gasteiger partial charge in [0.2, 0.25) is 0 Å². The van der Waals surface area contributed by atoms with Gasteiger partial charge in [0.15, 0.2) is 0 Å². The van der Waals surface area contributed by atoms with Crippen molar-refractivity contribution < 1.29 is 14.3 Å². The highest BCUT2D eigenvalue weighted by atomic mass is 19.1. The van der Waals surface area contributed by atoms with Crippen LogP contribution >= 0.6 is 0 Å². The van der Waals surface area contributed by atoms with Gasteiger partial charge in [0.05, 0.1) is 22.6 Å². The van der Waals surface area contributed by atoms with Crippen LogP contribution in [-0.2, 0) is 13.5 Å². The van der Waals surface area contributed by atoms with Crippen LogP contribution in [0.3, 0.4) is 0 Å². The fourth-order valence-electron chi connectivity index (χ4n) is 1.86. The fraction of sp³-hybridized carbons (Fsp3) is 0.231. The Bertz CT molecular complexity index is 622. The summed E-state index contributed by atoms with van der Waals surface area (Å²) < 4.78 is 15.4. The summed E-state index contributed by atoms with van der Waals surface area (Å²) in [5, 5.41) is 16.1. The molecular weight excluding hydrogens is 249 g/mol. The lowest BCUT2D eigenvalue weighted by molar-refractivity contribution is 0.0697. The number of aryl methyl sites for hydroxylation is 2. The highest BCUT2D eigenvalue weighted by Gasteiger charge is 2.16. The number of nitrogens with one attached hydrogen (secondary N) is 1. The average Bonchev–Trinajstić information content (AvgIpc) is 2.71. The van der Waals surface area contributed by atoms with Gasteiger partial charge in [-0.15, -0.1) is 0 Å². The Morgan fingerprint density at radius 3 is 2.89 bits per heavy atom. The molecule has 1 aromatic carbocycles. The largest absolute Gasteiger partial charge is 0.478 e. The molecule has 0 saturated carbocycles. The molecule has 1 heterocycles. The molecule has 0 saturated heterocycles. The number of nitrogens with zero attached hydrogens (tertiary/aromatic N) is 2. The van der Waals surface area contributed by atoms with E-state index in [0.29, 0.717) is 12.1 Å². The van der Waals surface area contributed by atoms with Gasteiger partial charge in [-0.2, -0.15) is 5.10 Å². The normalized spacial score (nSPS) is 10.5. The third-order valence-corrected chi connectivity index (χ3v) is 2.74. The predicted molar refractivity (Wildman–Crippen MR) is 69.2 cm³/mol. The Morgan fingerprint density at radius 2 is 2.26 bits per heavy atom. The average molecular weight is 263 g/mol. The Morgan fingerprint density at radius 1 is 1.53 bits per heavy atom. The third-order valence-electron chi connectivity index (χ3n) is 2.74. The van der Waals surface area contributed by atoms with Gasteiger partial charge >= 0.3 is 5.97 Å². The lowest BCUT2D eigenvalue weighted by Crippen LogP contribution is -2.05. The minimum absolute atomic E-state index is 0.0438. The standard InChI is InChI=1S/C13H14FN3O2/c1-3-10-11(7-17(2)16-10)15-12-8(13(18)19)5-4-6-9(12)14/h4-7,15H,3H2,1-2H3,(H,18,19). The van der Waals surface area contributed by atoms with Crippen LogP contribution in [0, 0.1) is 5.82 Å². The first kappa shape index (κ1) is 13.1. The van der Waals surface area contributed by atoms with E-state index >= 15 is 0 Å². The number of aromatic carboxylic acids is 1. The number of aromatic nitrogens is 2. The van der Waals surface area contributed by atoms with Crippen molar-refractivity contribution in [2.75, 3.05) is 5.32 Å². The van der Waals surface area contributed by atoms with Crippen LogP contribution in [0.4, 0.5) is 15.8 Å². The Hall–Kier alpha value is -2.37. The second-order valence-corrected chi connectivity index (χ2v) is 4.11. The summed E-state index contributed by atoms with van der Waals surface area (Å²) in [5.41, 5.74) is 1.21. The number of carboxylic acid groups (broad SMARTS) is 1. The second-order valence-electron chi connectivity index (χ2n) is 4.11. The number of benzene rings is 1. The molecular formula is C13H14FN3O2. The first-order chi connectivity index (χ1) is 9.02. The molecule has 0 aliphatic carbocycles. The summed E-state index contributed by atoms with van der Waals surface area (Å²) in [5.74, 6) is -1.78. The smallest absolute Gasteiger partial charge is 0.337 e. The van der Waals surface area contributed by atoms with Crippen LogP contribution in [0.2, 0.25) is 0 Å². The van der Waals surface area contributed by atoms with E-state index in [1.807, 2.05) is 6.92 Å². The van der Waals surface area contributed by atoms with E-state index in [4.69, 9.17) is 5.11 Å². The second kappa shape index (κ2) is 5.09. The Kier molecular flexibility index (Phi) is 3.50. The maximum Gasteiger partial charge on any atom is 0.337 e. The molecule has 0 aliphatic rings. The molecule has 1 aromatic heterocycles. The maximum absolute atomic E-state index is 13.8. The van der Waals surface area contributed by atoms with Crippen molar-refractivity contribution in [3.8, 4) is 0 Å². The molecule has 0 spiro atoms. The lowest BCUT2D eigenvalue weighted by atomic mass is 10.1. The van der Waals surface area contributed by atoms with Crippen molar-refractivity contribution in [2.24, 2.45) is 7.05 Å². The topological polar surface area (TPSA) is 67.2 Å². The van der Waals surface area contributed by atoms with Crippen molar-refractivity contribution in [3.05, 3.63) is 41.5 Å². The van der Waals surface area contributed by atoms with Gasteiger partial charge in [0.1, 0.15) is 5.82 Å². The molecule has 0 unspecified atom stereocenters. The third kappa shape index (κ3) is 2.57. The van der Waals surface area contributed by atoms with Crippen LogP contribution in [0.1, 0.15) is 23.0 Å². The Labute approximate surface area is 109 Å². The molecule has 5 nitrogen and oxygen atoms in total. The number of para-hydroxylation sites is 1. The number of carboxylic acids is 1. The number of hydrogen-bond donors (Lipinski definition) is 2. The predicted octanol–water partition coefficient (Wildman–Crippen LogP) is 2.56. The van der Waals surface area contributed by atoms with Gasteiger partial charge in [0, 0.05) is 13.2 Å². The summed E-state index contributed by atoms with van der Waals surface area (Å²) in [6.07, 6.45) is 2.36. The van der Waals surface area contributed by atoms with Crippen LogP contribution in [0.25, 0.3) is 0 Å². The van der Waals surface area contributed by atoms with E-state index in [2.05, 4.69) is 10.4 Å². The van der Waals surface area contributed by atoms with E-state index in [9.17, 15) is 9.18 Å². The molecule has 0 radical (unpaired) electrons. The number of rotatable bonds is 4. The van der Waals surface area contributed by atoms with Gasteiger partial charge in [-0.3, -0.25) is 4.68 Å². The SMILES string of the molecule is CCc1nn(C)cc1Nc1c(F)cccc1C(=O)O. The van der Waals surface area contributed by atoms with E-state index < -0.39 is 11.8 Å². The molecule has 2 rings (SSSR count). The highest BCUT2D eigenvalue weighted by molar-refractivity contribution is 5.95. The van der Waals surface area contributed by atoms with E-state index in [1.165, 1.54) is 18.2 Å². The van der Waals surface area contributed by atoms with E-state index in [-0.39, 0.29) is 11.3 Å². The van der Waals surface area contributed by atoms with Crippen LogP contribution in [0.5, 0.6) is 0 Å². The van der Waals surface area contributed by atoms with Gasteiger partial charge in [-0.05, 0) is 18.6 Å². The van der Waals surface area contributed by atoms with Crippen LogP contribution in [-0.4, -0.2) is 20.9 Å². The quantitative estimate of drug-likeness (QED) is 0.889. The lowest BCUT2D eigenvalue weighted by Gasteiger charge is -2.09. The van der Waals surface area contributed by atoms with Crippen LogP contribution < -0.4 is 5.32 Å². The summed E-state index contributed by atoms with van der Waals surface area (Å²) in [4.78, 5) is 11.1.